The number of nitrogens with one attached hydrogen (secondary N) is 2. The number of nitrogens with zero attached hydrogens (tertiary/aromatic N) is 11. The number of hydrogen-bond acceptors (Lipinski definition) is 29. The van der Waals surface area contributed by atoms with Gasteiger partial charge in [-0.05, 0) is 11.4 Å². The van der Waals surface area contributed by atoms with Crippen LogP contribution in [-0.2, 0) is 71.2 Å². The van der Waals surface area contributed by atoms with Gasteiger partial charge in [0.2, 0.25) is 23.6 Å². The zero-order valence-electron chi connectivity index (χ0n) is 41.6. The summed E-state index contributed by atoms with van der Waals surface area (Å²) in [7, 11) is -12.1. The van der Waals surface area contributed by atoms with Crippen LogP contribution in [0.15, 0.2) is 34.9 Å². The van der Waals surface area contributed by atoms with Gasteiger partial charge in [-0.2, -0.15) is 13.6 Å². The maximum absolute atomic E-state index is 13.8. The van der Waals surface area contributed by atoms with Crippen molar-refractivity contribution in [2.75, 3.05) is 57.4 Å². The second kappa shape index (κ2) is 22.5. The van der Waals surface area contributed by atoms with E-state index in [4.69, 9.17) is 49.7 Å². The molecule has 3 aliphatic heterocycles. The Bertz CT molecular complexity index is 3660. The van der Waals surface area contributed by atoms with Crippen LogP contribution in [-0.4, -0.2) is 188 Å². The van der Waals surface area contributed by atoms with Crippen LogP contribution >= 0.6 is 41.6 Å². The molecule has 3 saturated heterocycles. The topological polar surface area (TPSA) is 553 Å². The van der Waals surface area contributed by atoms with Crippen molar-refractivity contribution in [3.05, 3.63) is 46.0 Å². The number of aromatic amines is 2. The molecular weight excluding hydrogens is 1180 g/mol. The number of ether oxygens (including phenoxy) is 4. The number of hydrogen-bond donors (Lipinski definition) is 12. The fraction of sp³-hybridized carbons (Fsp3) is 0.556. The van der Waals surface area contributed by atoms with Crippen LogP contribution in [0.4, 0.5) is 17.7 Å². The Morgan fingerprint density at radius 2 is 1.41 bits per heavy atom. The van der Waals surface area contributed by atoms with E-state index in [1.54, 1.807) is 0 Å². The second-order valence-electron chi connectivity index (χ2n) is 18.1. The standard InChI is InChI=1S/C36H50N16O23P4S/c1-48(2)17(53)5-13-16(72-32(21(13)54)52-12-49(3)20-29(52)45-36(39)47-31(20)58)8-80-79(65,66)75-78(63,64)74-77(61,62)69-7-15-24(25(67-4)34(71-15)50-10-42-18-26(37)40-9-41-27(18)50)73-76(59,60)68-6-14-22(55)23(56)33(70-14)51-11-43-19-28(51)44-35(38)46-30(19)57/h9-16,21-25,32-34,54-56H,5-8H2,1-4H3,(H11-,37,38,39,40,41,44,45,46,47,57,58,59,60,61,62,63,64,65,66)/p+1/t13-,14-,15-,16-,21-,22-,23-,24-,25-,32-,33-,34-/m1/s1. The van der Waals surface area contributed by atoms with E-state index in [9.17, 15) is 67.5 Å². The fourth-order valence-corrected chi connectivity index (χ4v) is 16.0. The number of methoxy groups -OCH3 is 1. The van der Waals surface area contributed by atoms with Gasteiger partial charge in [0.25, 0.3) is 17.1 Å². The highest BCUT2D eigenvalue weighted by Gasteiger charge is 2.54. The lowest BCUT2D eigenvalue weighted by atomic mass is 9.94. The van der Waals surface area contributed by atoms with Crippen LogP contribution < -0.4 is 32.9 Å². The van der Waals surface area contributed by atoms with Gasteiger partial charge < -0.3 is 75.9 Å². The Balaban J connectivity index is 0.879. The minimum atomic E-state index is -6.13. The molecule has 16 atom stereocenters. The van der Waals surface area contributed by atoms with Crippen LogP contribution in [0.25, 0.3) is 33.5 Å². The summed E-state index contributed by atoms with van der Waals surface area (Å²) in [6.07, 6.45) is -13.4. The van der Waals surface area contributed by atoms with Gasteiger partial charge in [0, 0.05) is 39.3 Å². The molecule has 0 saturated carbocycles. The Labute approximate surface area is 450 Å². The first-order chi connectivity index (χ1) is 37.5. The van der Waals surface area contributed by atoms with E-state index in [-0.39, 0.29) is 62.6 Å². The first-order valence-corrected chi connectivity index (χ1v) is 30.6. The second-order valence-corrected chi connectivity index (χ2v) is 26.7. The molecule has 0 aliphatic carbocycles. The molecule has 1 amide bonds. The number of aromatic nitrogens is 12. The third-order valence-corrected chi connectivity index (χ3v) is 20.2. The summed E-state index contributed by atoms with van der Waals surface area (Å²) in [4.78, 5) is 111. The summed E-state index contributed by atoms with van der Waals surface area (Å²) in [6, 6.07) is 0. The molecule has 6 aromatic rings. The minimum Gasteiger partial charge on any atom is -0.387 e. The largest absolute Gasteiger partial charge is 0.488 e. The van der Waals surface area contributed by atoms with Gasteiger partial charge in [-0.3, -0.25) is 51.6 Å². The highest BCUT2D eigenvalue weighted by molar-refractivity contribution is 8.55. The molecule has 44 heteroatoms. The van der Waals surface area contributed by atoms with Crippen molar-refractivity contribution < 1.29 is 104 Å². The molecule has 0 radical (unpaired) electrons. The molecule has 0 bridgehead atoms. The van der Waals surface area contributed by atoms with E-state index in [1.807, 2.05) is 0 Å². The highest BCUT2D eigenvalue weighted by Crippen LogP contribution is 2.72. The number of carbonyl (C=O) groups excluding carboxylic acids is 1. The van der Waals surface area contributed by atoms with Gasteiger partial charge >= 0.3 is 35.9 Å². The van der Waals surface area contributed by atoms with Crippen molar-refractivity contribution in [1.29, 1.82) is 0 Å². The van der Waals surface area contributed by atoms with Gasteiger partial charge in [0.15, 0.2) is 41.4 Å². The number of anilines is 3. The van der Waals surface area contributed by atoms with Crippen molar-refractivity contribution in [3.8, 4) is 0 Å². The SMILES string of the molecule is CO[C@@H]1[C@H](OP(=O)(O)OC[C@H]2O[C@@H](n3cnc4c(=O)[nH]c(N)nc43)[C@H](O)[C@@H]2O)[C@@H](COP(=O)(O)OP(=O)(O)OP(=O)(O)SC[C@H]2O[C@@H]([n+]3cn(C)c4c(=O)[nH]c(N)nc43)[C@H](O)[C@@H]2CC(=O)N(C)C)O[C@H]1n1cnc2c(N)ncnc21. The molecule has 9 rings (SSSR count). The monoisotopic (exact) mass is 1230 g/mol. The summed E-state index contributed by atoms with van der Waals surface area (Å²) in [6.45, 7) is -7.69. The van der Waals surface area contributed by atoms with Crippen LogP contribution in [0.1, 0.15) is 25.1 Å². The van der Waals surface area contributed by atoms with Crippen LogP contribution in [0.2, 0.25) is 0 Å². The van der Waals surface area contributed by atoms with E-state index in [1.165, 1.54) is 46.1 Å². The minimum absolute atomic E-state index is 0.0141. The maximum Gasteiger partial charge on any atom is 0.488 e. The Kier molecular flexibility index (Phi) is 16.7. The molecule has 3 fully saturated rings. The number of H-pyrrole nitrogens is 2. The molecule has 80 heavy (non-hydrogen) atoms. The van der Waals surface area contributed by atoms with Crippen LogP contribution in [0, 0.1) is 5.92 Å². The quantitative estimate of drug-likeness (QED) is 0.0249. The molecule has 9 heterocycles. The Hall–Kier alpha value is -5.25. The number of fused-ring (bicyclic) bond motifs is 3. The third-order valence-electron chi connectivity index (χ3n) is 12.6. The summed E-state index contributed by atoms with van der Waals surface area (Å²) >= 11 is -0.0580. The van der Waals surface area contributed by atoms with E-state index >= 15 is 0 Å². The van der Waals surface area contributed by atoms with E-state index < -0.39 is 146 Å². The third kappa shape index (κ3) is 12.1. The van der Waals surface area contributed by atoms with Crippen molar-refractivity contribution in [3.63, 3.8) is 0 Å². The molecule has 15 N–H and O–H groups in total. The lowest BCUT2D eigenvalue weighted by molar-refractivity contribution is -0.745. The smallest absolute Gasteiger partial charge is 0.387 e. The van der Waals surface area contributed by atoms with E-state index in [0.29, 0.717) is 0 Å². The van der Waals surface area contributed by atoms with Crippen molar-refractivity contribution >= 4 is 98.8 Å². The molecule has 39 nitrogen and oxygen atoms in total. The van der Waals surface area contributed by atoms with Crippen molar-refractivity contribution in [2.45, 2.75) is 73.9 Å². The predicted octanol–water partition coefficient (Wildman–Crippen LogP) is -3.26. The number of aliphatic hydroxyl groups excluding tert-OH is 3. The molecule has 0 spiro atoms. The van der Waals surface area contributed by atoms with Gasteiger partial charge in [-0.15, -0.1) is 0 Å². The molecular formula is C36H51N16O23P4S+. The molecule has 4 unspecified atom stereocenters. The van der Waals surface area contributed by atoms with E-state index in [2.05, 4.69) is 48.5 Å². The Morgan fingerprint density at radius 3 is 2.11 bits per heavy atom. The Morgan fingerprint density at radius 1 is 0.775 bits per heavy atom. The van der Waals surface area contributed by atoms with E-state index in [0.717, 1.165) is 30.7 Å². The first kappa shape index (κ1) is 59.4. The summed E-state index contributed by atoms with van der Waals surface area (Å²) in [5.74, 6) is -2.97. The summed E-state index contributed by atoms with van der Waals surface area (Å²) in [5, 5.41) is 33.3. The van der Waals surface area contributed by atoms with Crippen LogP contribution in [0.5, 0.6) is 0 Å². The van der Waals surface area contributed by atoms with Gasteiger partial charge in [-0.25, -0.2) is 42.8 Å². The summed E-state index contributed by atoms with van der Waals surface area (Å²) in [5.41, 5.74) is 15.7. The lowest BCUT2D eigenvalue weighted by Crippen LogP contribution is -2.45. The maximum atomic E-state index is 13.8. The molecule has 0 aromatic carbocycles. The number of rotatable bonds is 21. The van der Waals surface area contributed by atoms with Gasteiger partial charge in [0.05, 0.1) is 39.0 Å². The number of imidazole rings is 3. The number of carbonyl (C=O) groups is 1. The van der Waals surface area contributed by atoms with Crippen molar-refractivity contribution in [2.24, 2.45) is 13.0 Å². The van der Waals surface area contributed by atoms with Crippen molar-refractivity contribution in [1.82, 2.24) is 58.5 Å². The first-order valence-electron chi connectivity index (χ1n) is 23.0. The van der Waals surface area contributed by atoms with Gasteiger partial charge in [0.1, 0.15) is 54.6 Å². The number of phosphoric acid groups is 3. The number of aliphatic hydroxyl groups is 3. The molecule has 6 aromatic heterocycles. The fourth-order valence-electron chi connectivity index (χ4n) is 9.01. The summed E-state index contributed by atoms with van der Waals surface area (Å²) < 4.78 is 107. The predicted molar refractivity (Wildman–Crippen MR) is 266 cm³/mol. The number of nitrogen functional groups attached to an aromatic ring is 3. The van der Waals surface area contributed by atoms with Crippen LogP contribution in [0.3, 0.4) is 0 Å². The normalized spacial score (nSPS) is 29.2. The average molecular weight is 1230 g/mol. The van der Waals surface area contributed by atoms with Gasteiger partial charge in [-0.1, -0.05) is 4.98 Å². The number of amides is 1. The highest BCUT2D eigenvalue weighted by atomic mass is 32.7. The zero-order chi connectivity index (χ0) is 58.1. The number of nitrogens with two attached hydrogens (primary N) is 3. The molecule has 438 valence electrons. The average Bonchev–Trinajstić information content (AvgIpc) is 4.23. The zero-order valence-corrected chi connectivity index (χ0v) is 46.0. The molecule has 3 aliphatic rings. The lowest BCUT2D eigenvalue weighted by Gasteiger charge is -2.26. The number of aryl methyl sites for hydroxylation is 1. The number of phosphoric ester groups is 2.